The molecule has 3 nitrogen and oxygen atoms in total. The lowest BCUT2D eigenvalue weighted by molar-refractivity contribution is 0.0954. The van der Waals surface area contributed by atoms with Gasteiger partial charge in [0.25, 0.3) is 5.91 Å². The van der Waals surface area contributed by atoms with Crippen molar-refractivity contribution in [1.29, 1.82) is 0 Å². The Kier molecular flexibility index (Phi) is 3.04. The Balaban J connectivity index is 2.53. The Morgan fingerprint density at radius 2 is 2.50 bits per heavy atom. The quantitative estimate of drug-likeness (QED) is 0.749. The summed E-state index contributed by atoms with van der Waals surface area (Å²) in [4.78, 5) is 11.4. The molecule has 0 aliphatic rings. The third-order valence-electron chi connectivity index (χ3n) is 1.19. The Morgan fingerprint density at radius 3 is 3.00 bits per heavy atom. The van der Waals surface area contributed by atoms with Crippen molar-refractivity contribution < 1.29 is 14.3 Å². The first kappa shape index (κ1) is 8.99. The first-order valence-electron chi connectivity index (χ1n) is 3.35. The molecular formula is C7H8FNO2S. The number of hydrogen-bond acceptors (Lipinski definition) is 3. The van der Waals surface area contributed by atoms with Gasteiger partial charge in [-0.05, 0) is 0 Å². The lowest BCUT2D eigenvalue weighted by Crippen LogP contribution is -2.24. The molecule has 1 amide bonds. The molecule has 1 aromatic rings. The zero-order chi connectivity index (χ0) is 8.97. The molecule has 0 saturated heterocycles. The van der Waals surface area contributed by atoms with Gasteiger partial charge >= 0.3 is 0 Å². The molecule has 1 aromatic heterocycles. The van der Waals surface area contributed by atoms with Crippen LogP contribution >= 0.6 is 11.3 Å². The molecule has 0 aromatic carbocycles. The number of carbonyl (C=O) groups excluding carboxylic acids is 1. The first-order chi connectivity index (χ1) is 5.74. The molecule has 66 valence electrons. The molecule has 2 N–H and O–H groups in total. The molecule has 5 heteroatoms. The highest BCUT2D eigenvalue weighted by molar-refractivity contribution is 7.12. The second-order valence-electron chi connectivity index (χ2n) is 2.11. The van der Waals surface area contributed by atoms with Gasteiger partial charge in [0.15, 0.2) is 0 Å². The molecule has 0 saturated carbocycles. The van der Waals surface area contributed by atoms with Gasteiger partial charge in [-0.1, -0.05) is 0 Å². The summed E-state index contributed by atoms with van der Waals surface area (Å²) in [5, 5.41) is 12.7. The van der Waals surface area contributed by atoms with Crippen LogP contribution in [0.4, 0.5) is 4.39 Å². The fraction of sp³-hybridized carbons (Fsp3) is 0.286. The number of amides is 1. The van der Waals surface area contributed by atoms with Crippen LogP contribution < -0.4 is 5.32 Å². The highest BCUT2D eigenvalue weighted by atomic mass is 32.1. The van der Waals surface area contributed by atoms with Gasteiger partial charge in [0, 0.05) is 18.0 Å². The molecule has 0 aliphatic heterocycles. The Bertz CT molecular complexity index is 274. The third kappa shape index (κ3) is 2.20. The number of hydrogen-bond donors (Lipinski definition) is 2. The number of alkyl halides is 1. The minimum absolute atomic E-state index is 0.0114. The van der Waals surface area contributed by atoms with Gasteiger partial charge < -0.3 is 10.4 Å². The van der Waals surface area contributed by atoms with Crippen molar-refractivity contribution in [3.8, 4) is 5.75 Å². The predicted molar refractivity (Wildman–Crippen MR) is 44.3 cm³/mol. The molecule has 1 heterocycles. The molecule has 0 unspecified atom stereocenters. The summed E-state index contributed by atoms with van der Waals surface area (Å²) >= 11 is 1.12. The topological polar surface area (TPSA) is 49.3 Å². The largest absolute Gasteiger partial charge is 0.507 e. The van der Waals surface area contributed by atoms with Gasteiger partial charge in [-0.25, -0.2) is 4.39 Å². The normalized spacial score (nSPS) is 9.75. The predicted octanol–water partition coefficient (Wildman–Crippen LogP) is 1.15. The number of nitrogens with one attached hydrogen (secondary N) is 1. The number of aromatic hydroxyl groups is 1. The fourth-order valence-corrected chi connectivity index (χ4v) is 1.38. The molecule has 1 rings (SSSR count). The summed E-state index contributed by atoms with van der Waals surface area (Å²) in [6.45, 7) is -0.569. The average molecular weight is 189 g/mol. The fourth-order valence-electron chi connectivity index (χ4n) is 0.693. The highest BCUT2D eigenvalue weighted by Gasteiger charge is 2.06. The monoisotopic (exact) mass is 189 g/mol. The smallest absolute Gasteiger partial charge is 0.261 e. The van der Waals surface area contributed by atoms with Crippen LogP contribution in [0.2, 0.25) is 0 Å². The van der Waals surface area contributed by atoms with E-state index in [-0.39, 0.29) is 18.2 Å². The van der Waals surface area contributed by atoms with Crippen LogP contribution in [0.3, 0.4) is 0 Å². The van der Waals surface area contributed by atoms with Crippen molar-refractivity contribution in [2.75, 3.05) is 13.2 Å². The molecule has 0 fully saturated rings. The zero-order valence-corrected chi connectivity index (χ0v) is 7.03. The van der Waals surface area contributed by atoms with E-state index in [0.29, 0.717) is 4.88 Å². The lowest BCUT2D eigenvalue weighted by atomic mass is 10.4. The molecular weight excluding hydrogens is 181 g/mol. The number of carbonyl (C=O) groups is 1. The van der Waals surface area contributed by atoms with E-state index in [2.05, 4.69) is 5.32 Å². The summed E-state index contributed by atoms with van der Waals surface area (Å²) in [5.74, 6) is -0.289. The van der Waals surface area contributed by atoms with Gasteiger partial charge in [0.1, 0.15) is 12.4 Å². The maximum atomic E-state index is 11.6. The third-order valence-corrected chi connectivity index (χ3v) is 2.11. The van der Waals surface area contributed by atoms with E-state index in [1.54, 1.807) is 0 Å². The summed E-state index contributed by atoms with van der Waals surface area (Å²) in [6.07, 6.45) is 0. The second-order valence-corrected chi connectivity index (χ2v) is 3.03. The minimum Gasteiger partial charge on any atom is -0.507 e. The van der Waals surface area contributed by atoms with Gasteiger partial charge in [-0.2, -0.15) is 0 Å². The highest BCUT2D eigenvalue weighted by Crippen LogP contribution is 2.19. The van der Waals surface area contributed by atoms with Crippen LogP contribution in [0.5, 0.6) is 5.75 Å². The summed E-state index contributed by atoms with van der Waals surface area (Å²) in [7, 11) is 0. The van der Waals surface area contributed by atoms with E-state index >= 15 is 0 Å². The van der Waals surface area contributed by atoms with Crippen LogP contribution in [0.15, 0.2) is 11.4 Å². The molecule has 0 spiro atoms. The van der Waals surface area contributed by atoms with E-state index < -0.39 is 6.67 Å². The van der Waals surface area contributed by atoms with Crippen molar-refractivity contribution in [2.45, 2.75) is 0 Å². The molecule has 0 radical (unpaired) electrons. The van der Waals surface area contributed by atoms with Gasteiger partial charge in [0.05, 0.1) is 4.88 Å². The second kappa shape index (κ2) is 4.06. The first-order valence-corrected chi connectivity index (χ1v) is 4.23. The number of thiophene rings is 1. The summed E-state index contributed by atoms with van der Waals surface area (Å²) in [5.41, 5.74) is 0. The molecule has 0 atom stereocenters. The van der Waals surface area contributed by atoms with E-state index in [1.807, 2.05) is 0 Å². The van der Waals surface area contributed by atoms with Crippen LogP contribution in [-0.2, 0) is 0 Å². The Labute approximate surface area is 72.8 Å². The standard InChI is InChI=1S/C7H8FNO2S/c8-1-2-9-7(11)6-3-5(10)4-12-6/h3-4,10H,1-2H2,(H,9,11). The zero-order valence-electron chi connectivity index (χ0n) is 6.21. The lowest BCUT2D eigenvalue weighted by Gasteiger charge is -1.97. The average Bonchev–Trinajstić information content (AvgIpc) is 2.47. The number of rotatable bonds is 3. The summed E-state index contributed by atoms with van der Waals surface area (Å²) < 4.78 is 11.6. The maximum Gasteiger partial charge on any atom is 0.261 e. The molecule has 0 aliphatic carbocycles. The maximum absolute atomic E-state index is 11.6. The number of halogens is 1. The van der Waals surface area contributed by atoms with Crippen molar-refractivity contribution in [2.24, 2.45) is 0 Å². The van der Waals surface area contributed by atoms with E-state index in [9.17, 15) is 9.18 Å². The Hall–Kier alpha value is -1.10. The van der Waals surface area contributed by atoms with E-state index in [4.69, 9.17) is 5.11 Å². The van der Waals surface area contributed by atoms with Gasteiger partial charge in [0.2, 0.25) is 0 Å². The summed E-state index contributed by atoms with van der Waals surface area (Å²) in [6, 6.07) is 1.35. The van der Waals surface area contributed by atoms with Crippen molar-refractivity contribution in [3.05, 3.63) is 16.3 Å². The molecule has 12 heavy (non-hydrogen) atoms. The molecule has 0 bridgehead atoms. The van der Waals surface area contributed by atoms with Crippen molar-refractivity contribution >= 4 is 17.2 Å². The van der Waals surface area contributed by atoms with Crippen LogP contribution in [0.25, 0.3) is 0 Å². The van der Waals surface area contributed by atoms with Crippen LogP contribution in [0.1, 0.15) is 9.67 Å². The van der Waals surface area contributed by atoms with Crippen LogP contribution in [-0.4, -0.2) is 24.2 Å². The van der Waals surface area contributed by atoms with E-state index in [1.165, 1.54) is 11.4 Å². The SMILES string of the molecule is O=C(NCCF)c1cc(O)cs1. The van der Waals surface area contributed by atoms with E-state index in [0.717, 1.165) is 11.3 Å². The van der Waals surface area contributed by atoms with Gasteiger partial charge in [-0.15, -0.1) is 11.3 Å². The van der Waals surface area contributed by atoms with Crippen LogP contribution in [0, 0.1) is 0 Å². The van der Waals surface area contributed by atoms with Crippen molar-refractivity contribution in [1.82, 2.24) is 5.32 Å². The Morgan fingerprint density at radius 1 is 1.75 bits per heavy atom. The van der Waals surface area contributed by atoms with Gasteiger partial charge in [-0.3, -0.25) is 4.79 Å². The minimum atomic E-state index is -0.580. The van der Waals surface area contributed by atoms with Crippen molar-refractivity contribution in [3.63, 3.8) is 0 Å².